The van der Waals surface area contributed by atoms with Crippen LogP contribution in [0, 0.1) is 0 Å². The molecule has 142 valence electrons. The van der Waals surface area contributed by atoms with E-state index in [2.05, 4.69) is 25.1 Å². The Hall–Kier alpha value is -2.69. The Balaban J connectivity index is 1.42. The highest BCUT2D eigenvalue weighted by Crippen LogP contribution is 2.31. The van der Waals surface area contributed by atoms with Crippen LogP contribution in [0.5, 0.6) is 0 Å². The number of thiophene rings is 1. The molecule has 0 atom stereocenters. The maximum atomic E-state index is 12.5. The van der Waals surface area contributed by atoms with E-state index < -0.39 is 12.1 Å². The lowest BCUT2D eigenvalue weighted by Gasteiger charge is -2.25. The highest BCUT2D eigenvalue weighted by molar-refractivity contribution is 7.15. The van der Waals surface area contributed by atoms with Crippen LogP contribution in [0.15, 0.2) is 28.9 Å². The number of amides is 1. The van der Waals surface area contributed by atoms with Gasteiger partial charge in [-0.15, -0.1) is 11.3 Å². The molecular formula is C16H14F3N5O2S. The van der Waals surface area contributed by atoms with E-state index in [-0.39, 0.29) is 17.8 Å². The molecule has 1 amide bonds. The molecule has 3 aromatic rings. The van der Waals surface area contributed by atoms with Crippen LogP contribution < -0.4 is 5.32 Å². The Kier molecular flexibility index (Phi) is 4.46. The van der Waals surface area contributed by atoms with Crippen molar-refractivity contribution in [3.8, 4) is 10.7 Å². The lowest BCUT2D eigenvalue weighted by Crippen LogP contribution is -2.39. The van der Waals surface area contributed by atoms with Crippen LogP contribution in [-0.4, -0.2) is 31.9 Å². The Morgan fingerprint density at radius 1 is 1.33 bits per heavy atom. The zero-order chi connectivity index (χ0) is 19.0. The van der Waals surface area contributed by atoms with Gasteiger partial charge in [0.1, 0.15) is 5.69 Å². The Labute approximate surface area is 155 Å². The SMILES string of the molecule is O=C(NC1CCC1)c1ccn(Cc2ccc(-c3noc(C(F)(F)F)n3)s2)n1. The van der Waals surface area contributed by atoms with Gasteiger partial charge < -0.3 is 9.84 Å². The van der Waals surface area contributed by atoms with Gasteiger partial charge in [-0.25, -0.2) is 0 Å². The summed E-state index contributed by atoms with van der Waals surface area (Å²) in [5, 5.41) is 10.5. The molecule has 0 radical (unpaired) electrons. The van der Waals surface area contributed by atoms with Crippen LogP contribution >= 0.6 is 11.3 Å². The summed E-state index contributed by atoms with van der Waals surface area (Å²) in [7, 11) is 0. The summed E-state index contributed by atoms with van der Waals surface area (Å²) in [6.45, 7) is 0.380. The van der Waals surface area contributed by atoms with E-state index in [4.69, 9.17) is 0 Å². The molecule has 1 aliphatic carbocycles. The van der Waals surface area contributed by atoms with Gasteiger partial charge in [-0.3, -0.25) is 9.48 Å². The van der Waals surface area contributed by atoms with Crippen LogP contribution in [0.3, 0.4) is 0 Å². The van der Waals surface area contributed by atoms with E-state index in [1.807, 2.05) is 0 Å². The molecule has 1 N–H and O–H groups in total. The maximum absolute atomic E-state index is 12.5. The molecule has 0 spiro atoms. The molecule has 0 aliphatic heterocycles. The molecule has 0 aromatic carbocycles. The molecule has 1 fully saturated rings. The molecule has 0 saturated heterocycles. The van der Waals surface area contributed by atoms with Crippen LogP contribution in [-0.2, 0) is 12.7 Å². The number of hydrogen-bond donors (Lipinski definition) is 1. The number of aromatic nitrogens is 4. The van der Waals surface area contributed by atoms with Crippen molar-refractivity contribution in [2.45, 2.75) is 38.0 Å². The van der Waals surface area contributed by atoms with E-state index in [9.17, 15) is 18.0 Å². The van der Waals surface area contributed by atoms with Crippen LogP contribution in [0.25, 0.3) is 10.7 Å². The number of nitrogens with zero attached hydrogens (tertiary/aromatic N) is 4. The topological polar surface area (TPSA) is 85.8 Å². The second kappa shape index (κ2) is 6.80. The highest BCUT2D eigenvalue weighted by atomic mass is 32.1. The van der Waals surface area contributed by atoms with Gasteiger partial charge in [0.2, 0.25) is 5.82 Å². The monoisotopic (exact) mass is 397 g/mol. The predicted molar refractivity (Wildman–Crippen MR) is 89.0 cm³/mol. The lowest BCUT2D eigenvalue weighted by molar-refractivity contribution is -0.159. The van der Waals surface area contributed by atoms with E-state index in [1.54, 1.807) is 29.1 Å². The van der Waals surface area contributed by atoms with E-state index in [0.29, 0.717) is 17.1 Å². The summed E-state index contributed by atoms with van der Waals surface area (Å²) in [5.41, 5.74) is 0.340. The van der Waals surface area contributed by atoms with Crippen molar-refractivity contribution in [3.05, 3.63) is 40.9 Å². The van der Waals surface area contributed by atoms with Crippen molar-refractivity contribution >= 4 is 17.2 Å². The van der Waals surface area contributed by atoms with Crippen LogP contribution in [0.2, 0.25) is 0 Å². The zero-order valence-electron chi connectivity index (χ0n) is 13.9. The number of carbonyl (C=O) groups excluding carboxylic acids is 1. The van der Waals surface area contributed by atoms with E-state index in [0.717, 1.165) is 24.1 Å². The van der Waals surface area contributed by atoms with Gasteiger partial charge in [0.05, 0.1) is 11.4 Å². The summed E-state index contributed by atoms with van der Waals surface area (Å²) in [6.07, 6.45) is 0.139. The van der Waals surface area contributed by atoms with E-state index >= 15 is 0 Å². The maximum Gasteiger partial charge on any atom is 0.471 e. The molecule has 1 aliphatic rings. The number of halogens is 3. The Bertz CT molecular complexity index is 957. The quantitative estimate of drug-likeness (QED) is 0.714. The number of rotatable bonds is 5. The van der Waals surface area contributed by atoms with Gasteiger partial charge in [0.25, 0.3) is 5.91 Å². The highest BCUT2D eigenvalue weighted by Gasteiger charge is 2.38. The lowest BCUT2D eigenvalue weighted by atomic mass is 9.93. The summed E-state index contributed by atoms with van der Waals surface area (Å²) in [5.74, 6) is -1.68. The second-order valence-corrected chi connectivity index (χ2v) is 7.36. The Morgan fingerprint density at radius 2 is 2.15 bits per heavy atom. The minimum atomic E-state index is -4.67. The first-order valence-corrected chi connectivity index (χ1v) is 9.04. The number of carbonyl (C=O) groups is 1. The standard InChI is InChI=1S/C16H14F3N5O2S/c17-16(18,19)15-21-13(23-26-15)12-5-4-10(27-12)8-24-7-6-11(22-24)14(25)20-9-2-1-3-9/h4-7,9H,1-3,8H2,(H,20,25). The van der Waals surface area contributed by atoms with Gasteiger partial charge in [-0.1, -0.05) is 5.16 Å². The molecule has 7 nitrogen and oxygen atoms in total. The summed E-state index contributed by atoms with van der Waals surface area (Å²) >= 11 is 1.23. The summed E-state index contributed by atoms with van der Waals surface area (Å²) < 4.78 is 43.5. The molecule has 1 saturated carbocycles. The number of nitrogens with one attached hydrogen (secondary N) is 1. The third kappa shape index (κ3) is 3.87. The molecule has 0 bridgehead atoms. The molecule has 27 heavy (non-hydrogen) atoms. The largest absolute Gasteiger partial charge is 0.471 e. The second-order valence-electron chi connectivity index (χ2n) is 6.19. The van der Waals surface area contributed by atoms with Gasteiger partial charge in [0, 0.05) is 17.1 Å². The van der Waals surface area contributed by atoms with Crippen LogP contribution in [0.1, 0.15) is 40.5 Å². The van der Waals surface area contributed by atoms with Crippen molar-refractivity contribution < 1.29 is 22.5 Å². The summed E-state index contributed by atoms with van der Waals surface area (Å²) in [4.78, 5) is 16.7. The van der Waals surface area contributed by atoms with Gasteiger partial charge in [-0.05, 0) is 37.5 Å². The number of hydrogen-bond acceptors (Lipinski definition) is 6. The predicted octanol–water partition coefficient (Wildman–Crippen LogP) is 3.34. The van der Waals surface area contributed by atoms with Gasteiger partial charge >= 0.3 is 12.1 Å². The van der Waals surface area contributed by atoms with Crippen molar-refractivity contribution in [1.82, 2.24) is 25.2 Å². The Morgan fingerprint density at radius 3 is 2.81 bits per heavy atom. The smallest absolute Gasteiger partial charge is 0.348 e. The molecule has 4 rings (SSSR count). The molecular weight excluding hydrogens is 383 g/mol. The zero-order valence-corrected chi connectivity index (χ0v) is 14.7. The fraction of sp³-hybridized carbons (Fsp3) is 0.375. The molecule has 3 aromatic heterocycles. The van der Waals surface area contributed by atoms with Crippen molar-refractivity contribution in [1.29, 1.82) is 0 Å². The van der Waals surface area contributed by atoms with Crippen molar-refractivity contribution in [2.24, 2.45) is 0 Å². The molecule has 11 heteroatoms. The normalized spacial score (nSPS) is 14.9. The third-order valence-corrected chi connectivity index (χ3v) is 5.25. The average Bonchev–Trinajstić information content (AvgIpc) is 3.30. The average molecular weight is 397 g/mol. The van der Waals surface area contributed by atoms with Crippen molar-refractivity contribution in [2.75, 3.05) is 0 Å². The van der Waals surface area contributed by atoms with Gasteiger partial charge in [0.15, 0.2) is 0 Å². The summed E-state index contributed by atoms with van der Waals surface area (Å²) in [6, 6.07) is 5.24. The first-order valence-electron chi connectivity index (χ1n) is 8.23. The third-order valence-electron chi connectivity index (χ3n) is 4.18. The first kappa shape index (κ1) is 17.7. The first-order chi connectivity index (χ1) is 12.9. The van der Waals surface area contributed by atoms with E-state index in [1.165, 1.54) is 11.3 Å². The van der Waals surface area contributed by atoms with Crippen LogP contribution in [0.4, 0.5) is 13.2 Å². The molecule has 3 heterocycles. The number of alkyl halides is 3. The minimum absolute atomic E-state index is 0.111. The van der Waals surface area contributed by atoms with Gasteiger partial charge in [-0.2, -0.15) is 23.3 Å². The fourth-order valence-corrected chi connectivity index (χ4v) is 3.49. The fourth-order valence-electron chi connectivity index (χ4n) is 2.56. The molecule has 0 unspecified atom stereocenters. The van der Waals surface area contributed by atoms with Crippen molar-refractivity contribution in [3.63, 3.8) is 0 Å². The minimum Gasteiger partial charge on any atom is -0.348 e.